The Kier molecular flexibility index (Phi) is 18.1. The Labute approximate surface area is 132 Å². The van der Waals surface area contributed by atoms with Gasteiger partial charge in [0, 0.05) is 0 Å². The predicted octanol–water partition coefficient (Wildman–Crippen LogP) is 1.68. The molecule has 17 heavy (non-hydrogen) atoms. The summed E-state index contributed by atoms with van der Waals surface area (Å²) in [5, 5.41) is 0. The molecule has 0 aromatic heterocycles. The second-order valence-electron chi connectivity index (χ2n) is 4.49. The normalized spacial score (nSPS) is 8.24. The quantitative estimate of drug-likeness (QED) is 0.646. The Morgan fingerprint density at radius 1 is 0.765 bits per heavy atom. The molecule has 2 rings (SSSR count). The molecule has 0 fully saturated rings. The van der Waals surface area contributed by atoms with Gasteiger partial charge < -0.3 is 19.3 Å². The van der Waals surface area contributed by atoms with E-state index in [0.29, 0.717) is 0 Å². The van der Waals surface area contributed by atoms with Crippen LogP contribution in [0.3, 0.4) is 0 Å². The largest absolute Gasteiger partial charge is 4.00 e. The summed E-state index contributed by atoms with van der Waals surface area (Å²) in [5.41, 5.74) is 0.250. The van der Waals surface area contributed by atoms with Crippen LogP contribution in [0.5, 0.6) is 0 Å². The standard InChI is InChI=1S/2C5H5.C5H11.ClH.Zr/c2*1-2-4-5-3-1;1-5(2,3)4;;/h2*1-5H;1H2,2-4H3;1H;/q3*-1;;+4/p-1. The van der Waals surface area contributed by atoms with E-state index in [4.69, 9.17) is 0 Å². The van der Waals surface area contributed by atoms with Crippen molar-refractivity contribution >= 4 is 0 Å². The first-order valence-corrected chi connectivity index (χ1v) is 5.19. The van der Waals surface area contributed by atoms with E-state index in [-0.39, 0.29) is 44.0 Å². The average molecular weight is 328 g/mol. The molecule has 0 radical (unpaired) electrons. The van der Waals surface area contributed by atoms with Crippen LogP contribution in [0.2, 0.25) is 0 Å². The molecule has 2 aromatic carbocycles. The molecule has 0 N–H and O–H groups in total. The van der Waals surface area contributed by atoms with Gasteiger partial charge in [-0.05, 0) is 0 Å². The second kappa shape index (κ2) is 13.9. The van der Waals surface area contributed by atoms with Crippen LogP contribution >= 0.6 is 0 Å². The van der Waals surface area contributed by atoms with E-state index < -0.39 is 0 Å². The van der Waals surface area contributed by atoms with E-state index in [1.807, 2.05) is 60.7 Å². The molecular weight excluding hydrogens is 307 g/mol. The van der Waals surface area contributed by atoms with Crippen LogP contribution in [-0.4, -0.2) is 0 Å². The van der Waals surface area contributed by atoms with Crippen molar-refractivity contribution < 1.29 is 38.6 Å². The molecule has 0 spiro atoms. The van der Waals surface area contributed by atoms with Crippen molar-refractivity contribution in [2.24, 2.45) is 5.41 Å². The smallest absolute Gasteiger partial charge is 1.00 e. The van der Waals surface area contributed by atoms with Gasteiger partial charge in [-0.25, -0.2) is 24.3 Å². The minimum atomic E-state index is 0. The average Bonchev–Trinajstić information content (AvgIpc) is 2.81. The van der Waals surface area contributed by atoms with E-state index in [0.717, 1.165) is 0 Å². The number of halogens is 1. The van der Waals surface area contributed by atoms with Crippen LogP contribution in [0.1, 0.15) is 20.8 Å². The van der Waals surface area contributed by atoms with E-state index >= 15 is 0 Å². The topological polar surface area (TPSA) is 0 Å². The summed E-state index contributed by atoms with van der Waals surface area (Å²) in [6, 6.07) is 20.0. The molecule has 0 saturated heterocycles. The fourth-order valence-electron chi connectivity index (χ4n) is 0.642. The second-order valence-corrected chi connectivity index (χ2v) is 4.49. The van der Waals surface area contributed by atoms with Gasteiger partial charge in [-0.2, -0.15) is 41.8 Å². The predicted molar refractivity (Wildman–Crippen MR) is 68.9 cm³/mol. The number of hydrogen-bond donors (Lipinski definition) is 0. The van der Waals surface area contributed by atoms with E-state index in [2.05, 4.69) is 27.7 Å². The van der Waals surface area contributed by atoms with Crippen molar-refractivity contribution in [1.29, 1.82) is 0 Å². The molecule has 0 heterocycles. The summed E-state index contributed by atoms with van der Waals surface area (Å²) >= 11 is 0. The third-order valence-corrected chi connectivity index (χ3v) is 1.11. The minimum Gasteiger partial charge on any atom is -1.00 e. The molecule has 0 aliphatic carbocycles. The van der Waals surface area contributed by atoms with Gasteiger partial charge in [0.15, 0.2) is 0 Å². The molecule has 0 bridgehead atoms. The molecule has 0 nitrogen and oxygen atoms in total. The monoisotopic (exact) mass is 326 g/mol. The van der Waals surface area contributed by atoms with E-state index in [1.54, 1.807) is 0 Å². The van der Waals surface area contributed by atoms with Gasteiger partial charge in [0.2, 0.25) is 0 Å². The molecule has 2 heteroatoms. The van der Waals surface area contributed by atoms with Gasteiger partial charge in [-0.1, -0.05) is 20.8 Å². The van der Waals surface area contributed by atoms with Gasteiger partial charge in [-0.15, -0.1) is 0 Å². The van der Waals surface area contributed by atoms with Crippen LogP contribution in [-0.2, 0) is 26.2 Å². The summed E-state index contributed by atoms with van der Waals surface area (Å²) in [4.78, 5) is 0. The first-order chi connectivity index (χ1) is 7.00. The molecule has 2 aromatic rings. The zero-order chi connectivity index (χ0) is 11.6. The zero-order valence-corrected chi connectivity index (χ0v) is 14.1. The van der Waals surface area contributed by atoms with Crippen molar-refractivity contribution in [3.8, 4) is 0 Å². The zero-order valence-electron chi connectivity index (χ0n) is 10.9. The maximum atomic E-state index is 3.77. The Bertz CT molecular complexity index is 210. The molecular formula is C15H21ClZr. The molecule has 0 saturated carbocycles. The fourth-order valence-corrected chi connectivity index (χ4v) is 0.642. The first-order valence-electron chi connectivity index (χ1n) is 5.19. The molecule has 92 valence electrons. The van der Waals surface area contributed by atoms with E-state index in [9.17, 15) is 0 Å². The summed E-state index contributed by atoms with van der Waals surface area (Å²) in [6.07, 6.45) is 0. The van der Waals surface area contributed by atoms with Crippen LogP contribution in [0, 0.1) is 12.3 Å². The van der Waals surface area contributed by atoms with Crippen LogP contribution in [0.25, 0.3) is 0 Å². The van der Waals surface area contributed by atoms with Gasteiger partial charge in [0.25, 0.3) is 0 Å². The minimum absolute atomic E-state index is 0. The van der Waals surface area contributed by atoms with Crippen molar-refractivity contribution in [3.05, 3.63) is 67.6 Å². The van der Waals surface area contributed by atoms with Gasteiger partial charge in [0.05, 0.1) is 0 Å². The molecule has 0 atom stereocenters. The van der Waals surface area contributed by atoms with Crippen LogP contribution in [0.15, 0.2) is 60.7 Å². The Morgan fingerprint density at radius 2 is 0.941 bits per heavy atom. The summed E-state index contributed by atoms with van der Waals surface area (Å²) < 4.78 is 0. The van der Waals surface area contributed by atoms with Gasteiger partial charge >= 0.3 is 26.2 Å². The third-order valence-electron chi connectivity index (χ3n) is 1.11. The fraction of sp³-hybridized carbons (Fsp3) is 0.267. The Balaban J connectivity index is -0.000000163. The molecule has 0 aliphatic heterocycles. The number of hydrogen-bond acceptors (Lipinski definition) is 0. The SMILES string of the molecule is [CH2-]C(C)(C)C.[Cl-].[Zr+4].c1cc[cH-]c1.c1cc[cH-]c1. The van der Waals surface area contributed by atoms with Crippen molar-refractivity contribution in [2.75, 3.05) is 0 Å². The molecule has 0 amide bonds. The van der Waals surface area contributed by atoms with Crippen molar-refractivity contribution in [2.45, 2.75) is 20.8 Å². The van der Waals surface area contributed by atoms with Crippen LogP contribution < -0.4 is 12.4 Å². The molecule has 0 aliphatic rings. The van der Waals surface area contributed by atoms with E-state index in [1.165, 1.54) is 0 Å². The van der Waals surface area contributed by atoms with Gasteiger partial charge in [-0.3, -0.25) is 0 Å². The maximum absolute atomic E-state index is 3.77. The Morgan fingerprint density at radius 3 is 1.00 bits per heavy atom. The Hall–Kier alpha value is -0.127. The van der Waals surface area contributed by atoms with Crippen molar-refractivity contribution in [1.82, 2.24) is 0 Å². The summed E-state index contributed by atoms with van der Waals surface area (Å²) in [5.74, 6) is 0. The van der Waals surface area contributed by atoms with Gasteiger partial charge in [0.1, 0.15) is 0 Å². The summed E-state index contributed by atoms with van der Waals surface area (Å²) in [6.45, 7) is 10.0. The summed E-state index contributed by atoms with van der Waals surface area (Å²) in [7, 11) is 0. The third kappa shape index (κ3) is 31.3. The number of rotatable bonds is 0. The van der Waals surface area contributed by atoms with Crippen LogP contribution in [0.4, 0.5) is 0 Å². The maximum Gasteiger partial charge on any atom is 4.00 e. The molecule has 0 unspecified atom stereocenters. The first kappa shape index (κ1) is 22.1. The van der Waals surface area contributed by atoms with Crippen molar-refractivity contribution in [3.63, 3.8) is 0 Å².